The van der Waals surface area contributed by atoms with Crippen LogP contribution in [0.25, 0.3) is 0 Å². The molecule has 0 N–H and O–H groups in total. The molecule has 4 nitrogen and oxygen atoms in total. The fraction of sp³-hybridized carbons (Fsp3) is 0.533. The second-order valence-corrected chi connectivity index (χ2v) is 5.70. The molecule has 1 aromatic carbocycles. The SMILES string of the molecule is COc1cc(SC)c(C2(N=C=O)CCCC2)cc1OC. The smallest absolute Gasteiger partial charge is 0.235 e. The van der Waals surface area contributed by atoms with Gasteiger partial charge in [-0.05, 0) is 36.8 Å². The third kappa shape index (κ3) is 2.56. The van der Waals surface area contributed by atoms with Gasteiger partial charge in [0.2, 0.25) is 6.08 Å². The van der Waals surface area contributed by atoms with Crippen molar-refractivity contribution in [3.63, 3.8) is 0 Å². The quantitative estimate of drug-likeness (QED) is 0.473. The average molecular weight is 293 g/mol. The summed E-state index contributed by atoms with van der Waals surface area (Å²) in [5.74, 6) is 1.37. The van der Waals surface area contributed by atoms with Crippen molar-refractivity contribution in [2.75, 3.05) is 20.5 Å². The van der Waals surface area contributed by atoms with Crippen molar-refractivity contribution in [2.45, 2.75) is 36.1 Å². The van der Waals surface area contributed by atoms with Crippen molar-refractivity contribution in [3.8, 4) is 11.5 Å². The number of carbonyl (C=O) groups excluding carboxylic acids is 1. The summed E-state index contributed by atoms with van der Waals surface area (Å²) in [4.78, 5) is 16.1. The van der Waals surface area contributed by atoms with Crippen molar-refractivity contribution in [1.29, 1.82) is 0 Å². The Balaban J connectivity index is 2.61. The topological polar surface area (TPSA) is 47.9 Å². The first kappa shape index (κ1) is 14.9. The van der Waals surface area contributed by atoms with Gasteiger partial charge in [0.15, 0.2) is 11.5 Å². The lowest BCUT2D eigenvalue weighted by Gasteiger charge is -2.26. The Bertz CT molecular complexity index is 532. The molecule has 0 aliphatic heterocycles. The first-order valence-electron chi connectivity index (χ1n) is 6.60. The van der Waals surface area contributed by atoms with Crippen LogP contribution in [0.2, 0.25) is 0 Å². The van der Waals surface area contributed by atoms with Crippen LogP contribution in [0.15, 0.2) is 22.0 Å². The summed E-state index contributed by atoms with van der Waals surface area (Å²) in [6, 6.07) is 3.91. The monoisotopic (exact) mass is 293 g/mol. The van der Waals surface area contributed by atoms with Gasteiger partial charge in [-0.2, -0.15) is 4.99 Å². The van der Waals surface area contributed by atoms with E-state index in [1.165, 1.54) is 0 Å². The predicted octanol–water partition coefficient (Wildman–Crippen LogP) is 3.53. The number of hydrogen-bond donors (Lipinski definition) is 0. The van der Waals surface area contributed by atoms with Crippen LogP contribution in [-0.2, 0) is 10.3 Å². The van der Waals surface area contributed by atoms with E-state index in [4.69, 9.17) is 9.47 Å². The predicted molar refractivity (Wildman–Crippen MR) is 79.6 cm³/mol. The molecule has 2 rings (SSSR count). The van der Waals surface area contributed by atoms with Crippen molar-refractivity contribution in [3.05, 3.63) is 17.7 Å². The molecule has 0 atom stereocenters. The van der Waals surface area contributed by atoms with Gasteiger partial charge in [0.25, 0.3) is 0 Å². The Hall–Kier alpha value is -1.45. The highest BCUT2D eigenvalue weighted by Gasteiger charge is 2.38. The maximum Gasteiger partial charge on any atom is 0.235 e. The highest BCUT2D eigenvalue weighted by Crippen LogP contribution is 2.48. The highest BCUT2D eigenvalue weighted by atomic mass is 32.2. The summed E-state index contributed by atoms with van der Waals surface area (Å²) >= 11 is 1.63. The van der Waals surface area contributed by atoms with Crippen LogP contribution in [0, 0.1) is 0 Å². The molecule has 1 saturated carbocycles. The van der Waals surface area contributed by atoms with Crippen LogP contribution in [-0.4, -0.2) is 26.6 Å². The summed E-state index contributed by atoms with van der Waals surface area (Å²) in [5, 5.41) is 0. The zero-order valence-electron chi connectivity index (χ0n) is 12.1. The molecule has 108 valence electrons. The Kier molecular flexibility index (Phi) is 4.73. The van der Waals surface area contributed by atoms with Gasteiger partial charge in [-0.3, -0.25) is 0 Å². The van der Waals surface area contributed by atoms with E-state index in [2.05, 4.69) is 4.99 Å². The Morgan fingerprint density at radius 3 is 2.30 bits per heavy atom. The summed E-state index contributed by atoms with van der Waals surface area (Å²) in [6.45, 7) is 0. The normalized spacial score (nSPS) is 16.6. The van der Waals surface area contributed by atoms with Gasteiger partial charge in [0, 0.05) is 4.90 Å². The third-order valence-corrected chi connectivity index (χ3v) is 4.67. The van der Waals surface area contributed by atoms with Crippen LogP contribution >= 0.6 is 11.8 Å². The van der Waals surface area contributed by atoms with E-state index in [0.717, 1.165) is 36.1 Å². The lowest BCUT2D eigenvalue weighted by molar-refractivity contribution is 0.350. The number of benzene rings is 1. The van der Waals surface area contributed by atoms with E-state index in [1.54, 1.807) is 32.1 Å². The van der Waals surface area contributed by atoms with Gasteiger partial charge in [0.05, 0.1) is 19.8 Å². The summed E-state index contributed by atoms with van der Waals surface area (Å²) in [5.41, 5.74) is 0.600. The van der Waals surface area contributed by atoms with Gasteiger partial charge >= 0.3 is 0 Å². The van der Waals surface area contributed by atoms with Crippen LogP contribution in [0.4, 0.5) is 0 Å². The van der Waals surface area contributed by atoms with E-state index in [1.807, 2.05) is 18.4 Å². The fourth-order valence-electron chi connectivity index (χ4n) is 2.88. The number of ether oxygens (including phenoxy) is 2. The molecule has 0 saturated heterocycles. The van der Waals surface area contributed by atoms with Gasteiger partial charge < -0.3 is 9.47 Å². The number of rotatable bonds is 5. The lowest BCUT2D eigenvalue weighted by atomic mass is 9.88. The molecule has 1 aliphatic rings. The van der Waals surface area contributed by atoms with E-state index < -0.39 is 5.54 Å². The summed E-state index contributed by atoms with van der Waals surface area (Å²) in [6.07, 6.45) is 7.69. The summed E-state index contributed by atoms with van der Waals surface area (Å²) in [7, 11) is 3.24. The molecular weight excluding hydrogens is 274 g/mol. The van der Waals surface area contributed by atoms with E-state index >= 15 is 0 Å². The summed E-state index contributed by atoms with van der Waals surface area (Å²) < 4.78 is 10.7. The van der Waals surface area contributed by atoms with Gasteiger partial charge in [-0.1, -0.05) is 12.8 Å². The molecule has 0 unspecified atom stereocenters. The minimum atomic E-state index is -0.445. The number of methoxy groups -OCH3 is 2. The standard InChI is InChI=1S/C15H19NO3S/c1-18-12-8-11(14(20-3)9-13(12)19-2)15(16-10-17)6-4-5-7-15/h8-9H,4-7H2,1-3H3. The van der Waals surface area contributed by atoms with Crippen molar-refractivity contribution in [2.24, 2.45) is 4.99 Å². The molecule has 0 aromatic heterocycles. The number of hydrogen-bond acceptors (Lipinski definition) is 5. The lowest BCUT2D eigenvalue weighted by Crippen LogP contribution is -2.20. The van der Waals surface area contributed by atoms with Crippen LogP contribution < -0.4 is 9.47 Å². The van der Waals surface area contributed by atoms with Crippen molar-refractivity contribution in [1.82, 2.24) is 0 Å². The number of nitrogens with zero attached hydrogens (tertiary/aromatic N) is 1. The van der Waals surface area contributed by atoms with Gasteiger partial charge in [-0.15, -0.1) is 11.8 Å². The molecule has 0 amide bonds. The van der Waals surface area contributed by atoms with Crippen LogP contribution in [0.3, 0.4) is 0 Å². The zero-order chi connectivity index (χ0) is 14.6. The Morgan fingerprint density at radius 1 is 1.20 bits per heavy atom. The molecule has 0 spiro atoms. The molecule has 0 heterocycles. The second-order valence-electron chi connectivity index (χ2n) is 4.85. The number of aliphatic imine (C=N–C) groups is 1. The Morgan fingerprint density at radius 2 is 1.80 bits per heavy atom. The van der Waals surface area contributed by atoms with Crippen molar-refractivity contribution >= 4 is 17.8 Å². The maximum absolute atomic E-state index is 10.9. The molecular formula is C15H19NO3S. The zero-order valence-corrected chi connectivity index (χ0v) is 12.9. The minimum Gasteiger partial charge on any atom is -0.493 e. The molecule has 5 heteroatoms. The maximum atomic E-state index is 10.9. The number of thioether (sulfide) groups is 1. The van der Waals surface area contributed by atoms with E-state index in [9.17, 15) is 4.79 Å². The second kappa shape index (κ2) is 6.33. The Labute approximate surface area is 123 Å². The largest absolute Gasteiger partial charge is 0.493 e. The molecule has 0 radical (unpaired) electrons. The highest BCUT2D eigenvalue weighted by molar-refractivity contribution is 7.98. The van der Waals surface area contributed by atoms with E-state index in [0.29, 0.717) is 11.5 Å². The number of isocyanates is 1. The third-order valence-electron chi connectivity index (χ3n) is 3.90. The fourth-order valence-corrected chi connectivity index (χ4v) is 3.58. The molecule has 0 bridgehead atoms. The van der Waals surface area contributed by atoms with Gasteiger partial charge in [-0.25, -0.2) is 4.79 Å². The molecule has 1 aromatic rings. The first-order chi connectivity index (χ1) is 9.70. The molecule has 20 heavy (non-hydrogen) atoms. The average Bonchev–Trinajstić information content (AvgIpc) is 2.95. The molecule has 1 fully saturated rings. The first-order valence-corrected chi connectivity index (χ1v) is 7.83. The van der Waals surface area contributed by atoms with E-state index in [-0.39, 0.29) is 0 Å². The van der Waals surface area contributed by atoms with Crippen LogP contribution in [0.1, 0.15) is 31.2 Å². The van der Waals surface area contributed by atoms with Crippen LogP contribution in [0.5, 0.6) is 11.5 Å². The van der Waals surface area contributed by atoms with Crippen molar-refractivity contribution < 1.29 is 14.3 Å². The minimum absolute atomic E-state index is 0.445. The van der Waals surface area contributed by atoms with Gasteiger partial charge in [0.1, 0.15) is 0 Å². The molecule has 1 aliphatic carbocycles.